The monoisotopic (exact) mass is 410 g/mol. The Morgan fingerprint density at radius 2 is 1.93 bits per heavy atom. The first kappa shape index (κ1) is 19.5. The number of sulfonamides is 1. The number of hydrogen-bond acceptors (Lipinski definition) is 7. The highest BCUT2D eigenvalue weighted by Crippen LogP contribution is 2.28. The standard InChI is InChI=1S/C16H22N6O3S2/c1-27(24,25)17-11-14-19-16(26-21-14)20-15(23)18-12-7-3-4-8-13(12)22-9-5-2-6-10-22/h3-4,7-8,17H,2,5-6,9-11H2,1H3,(H2,18,19,20,21,23). The molecule has 1 aromatic heterocycles. The van der Waals surface area contributed by atoms with Crippen molar-refractivity contribution in [3.05, 3.63) is 30.1 Å². The van der Waals surface area contributed by atoms with Gasteiger partial charge in [-0.3, -0.25) is 5.32 Å². The second-order valence-corrected chi connectivity index (χ2v) is 8.84. The van der Waals surface area contributed by atoms with Crippen LogP contribution in [0.5, 0.6) is 0 Å². The van der Waals surface area contributed by atoms with E-state index in [0.29, 0.717) is 11.0 Å². The second-order valence-electron chi connectivity index (χ2n) is 6.25. The number of nitrogens with one attached hydrogen (secondary N) is 3. The first-order valence-corrected chi connectivity index (χ1v) is 11.3. The van der Waals surface area contributed by atoms with E-state index >= 15 is 0 Å². The SMILES string of the molecule is CS(=O)(=O)NCc1nsc(NC(=O)Nc2ccccc2N2CCCCC2)n1. The predicted molar refractivity (Wildman–Crippen MR) is 107 cm³/mol. The number of aromatic nitrogens is 2. The number of rotatable bonds is 6. The Balaban J connectivity index is 1.61. The maximum atomic E-state index is 12.3. The smallest absolute Gasteiger partial charge is 0.325 e. The highest BCUT2D eigenvalue weighted by molar-refractivity contribution is 7.88. The molecule has 1 aromatic carbocycles. The molecule has 0 radical (unpaired) electrons. The number of piperidine rings is 1. The third kappa shape index (κ3) is 5.88. The third-order valence-electron chi connectivity index (χ3n) is 4.03. The molecule has 3 N–H and O–H groups in total. The van der Waals surface area contributed by atoms with E-state index in [1.807, 2.05) is 24.3 Å². The average molecular weight is 411 g/mol. The van der Waals surface area contributed by atoms with Gasteiger partial charge in [0, 0.05) is 24.6 Å². The molecule has 0 spiro atoms. The van der Waals surface area contributed by atoms with Crippen LogP contribution in [0.2, 0.25) is 0 Å². The average Bonchev–Trinajstić information content (AvgIpc) is 3.08. The zero-order valence-corrected chi connectivity index (χ0v) is 16.6. The summed E-state index contributed by atoms with van der Waals surface area (Å²) in [6.07, 6.45) is 4.59. The normalized spacial score (nSPS) is 14.8. The van der Waals surface area contributed by atoms with Crippen LogP contribution in [-0.4, -0.2) is 43.2 Å². The van der Waals surface area contributed by atoms with Crippen LogP contribution >= 0.6 is 11.5 Å². The topological polar surface area (TPSA) is 116 Å². The van der Waals surface area contributed by atoms with Crippen LogP contribution in [0.1, 0.15) is 25.1 Å². The number of benzene rings is 1. The summed E-state index contributed by atoms with van der Waals surface area (Å²) >= 11 is 0.993. The number of carbonyl (C=O) groups is 1. The zero-order valence-electron chi connectivity index (χ0n) is 14.9. The highest BCUT2D eigenvalue weighted by Gasteiger charge is 2.16. The summed E-state index contributed by atoms with van der Waals surface area (Å²) in [5.41, 5.74) is 1.74. The minimum absolute atomic E-state index is 0.0174. The summed E-state index contributed by atoms with van der Waals surface area (Å²) in [4.78, 5) is 18.7. The van der Waals surface area contributed by atoms with Crippen LogP contribution in [-0.2, 0) is 16.6 Å². The molecule has 1 aliphatic heterocycles. The molecule has 0 unspecified atom stereocenters. The largest absolute Gasteiger partial charge is 0.370 e. The van der Waals surface area contributed by atoms with Crippen molar-refractivity contribution in [1.82, 2.24) is 14.1 Å². The molecular formula is C16H22N6O3S2. The molecule has 9 nitrogen and oxygen atoms in total. The van der Waals surface area contributed by atoms with Gasteiger partial charge in [-0.05, 0) is 31.4 Å². The van der Waals surface area contributed by atoms with Gasteiger partial charge in [0.15, 0.2) is 5.82 Å². The van der Waals surface area contributed by atoms with Gasteiger partial charge in [-0.15, -0.1) is 0 Å². The van der Waals surface area contributed by atoms with Gasteiger partial charge in [0.1, 0.15) is 0 Å². The summed E-state index contributed by atoms with van der Waals surface area (Å²) in [7, 11) is -3.32. The lowest BCUT2D eigenvalue weighted by Gasteiger charge is -2.30. The van der Waals surface area contributed by atoms with Crippen LogP contribution in [0.4, 0.5) is 21.3 Å². The van der Waals surface area contributed by atoms with E-state index in [1.165, 1.54) is 6.42 Å². The summed E-state index contributed by atoms with van der Waals surface area (Å²) < 4.78 is 28.5. The molecule has 1 fully saturated rings. The number of para-hydroxylation sites is 2. The predicted octanol–water partition coefficient (Wildman–Crippen LogP) is 2.22. The number of nitrogens with zero attached hydrogens (tertiary/aromatic N) is 3. The van der Waals surface area contributed by atoms with Gasteiger partial charge in [0.25, 0.3) is 0 Å². The lowest BCUT2D eigenvalue weighted by molar-refractivity contribution is 0.262. The minimum atomic E-state index is -3.32. The number of carbonyl (C=O) groups excluding carboxylic acids is 1. The van der Waals surface area contributed by atoms with E-state index in [1.54, 1.807) is 0 Å². The Bertz CT molecular complexity index is 893. The Kier molecular flexibility index (Phi) is 6.24. The Labute approximate surface area is 162 Å². The van der Waals surface area contributed by atoms with Crippen molar-refractivity contribution in [3.8, 4) is 0 Å². The molecule has 2 amide bonds. The summed E-state index contributed by atoms with van der Waals surface area (Å²) in [6.45, 7) is 1.94. The molecule has 11 heteroatoms. The van der Waals surface area contributed by atoms with E-state index in [2.05, 4.69) is 29.6 Å². The zero-order chi connectivity index (χ0) is 19.3. The molecule has 1 saturated heterocycles. The molecule has 1 aliphatic rings. The van der Waals surface area contributed by atoms with Gasteiger partial charge in [0.2, 0.25) is 15.2 Å². The molecule has 0 atom stereocenters. The minimum Gasteiger partial charge on any atom is -0.370 e. The van der Waals surface area contributed by atoms with Crippen LogP contribution in [0.25, 0.3) is 0 Å². The van der Waals surface area contributed by atoms with Gasteiger partial charge in [0.05, 0.1) is 24.2 Å². The quantitative estimate of drug-likeness (QED) is 0.672. The lowest BCUT2D eigenvalue weighted by atomic mass is 10.1. The highest BCUT2D eigenvalue weighted by atomic mass is 32.2. The molecule has 0 saturated carbocycles. The van der Waals surface area contributed by atoms with Gasteiger partial charge >= 0.3 is 6.03 Å². The van der Waals surface area contributed by atoms with Crippen molar-refractivity contribution in [2.45, 2.75) is 25.8 Å². The van der Waals surface area contributed by atoms with Crippen LogP contribution in [0.3, 0.4) is 0 Å². The third-order valence-corrected chi connectivity index (χ3v) is 5.37. The van der Waals surface area contributed by atoms with E-state index < -0.39 is 16.1 Å². The van der Waals surface area contributed by atoms with Crippen molar-refractivity contribution in [3.63, 3.8) is 0 Å². The second kappa shape index (κ2) is 8.63. The fourth-order valence-electron chi connectivity index (χ4n) is 2.81. The number of anilines is 3. The van der Waals surface area contributed by atoms with E-state index in [0.717, 1.165) is 55.1 Å². The molecule has 0 aliphatic carbocycles. The summed E-state index contributed by atoms with van der Waals surface area (Å²) in [5, 5.41) is 5.79. The molecule has 2 heterocycles. The summed E-state index contributed by atoms with van der Waals surface area (Å²) in [5.74, 6) is 0.300. The molecule has 146 valence electrons. The maximum absolute atomic E-state index is 12.3. The Hall–Kier alpha value is -2.24. The maximum Gasteiger partial charge on any atom is 0.325 e. The van der Waals surface area contributed by atoms with E-state index in [-0.39, 0.29) is 6.54 Å². The van der Waals surface area contributed by atoms with Crippen molar-refractivity contribution in [1.29, 1.82) is 0 Å². The van der Waals surface area contributed by atoms with Crippen LogP contribution in [0.15, 0.2) is 24.3 Å². The number of hydrogen-bond donors (Lipinski definition) is 3. The van der Waals surface area contributed by atoms with E-state index in [4.69, 9.17) is 0 Å². The molecule has 3 rings (SSSR count). The molecule has 27 heavy (non-hydrogen) atoms. The lowest BCUT2D eigenvalue weighted by Crippen LogP contribution is -2.30. The van der Waals surface area contributed by atoms with Gasteiger partial charge in [-0.2, -0.15) is 4.37 Å². The Morgan fingerprint density at radius 1 is 1.19 bits per heavy atom. The summed E-state index contributed by atoms with van der Waals surface area (Å²) in [6, 6.07) is 7.28. The fraction of sp³-hybridized carbons (Fsp3) is 0.438. The van der Waals surface area contributed by atoms with Gasteiger partial charge in [-0.1, -0.05) is 12.1 Å². The first-order valence-electron chi connectivity index (χ1n) is 8.60. The van der Waals surface area contributed by atoms with Crippen LogP contribution < -0.4 is 20.3 Å². The van der Waals surface area contributed by atoms with Gasteiger partial charge in [-0.25, -0.2) is 22.9 Å². The molecular weight excluding hydrogens is 388 g/mol. The Morgan fingerprint density at radius 3 is 2.67 bits per heavy atom. The number of urea groups is 1. The molecule has 0 bridgehead atoms. The van der Waals surface area contributed by atoms with E-state index in [9.17, 15) is 13.2 Å². The van der Waals surface area contributed by atoms with Crippen molar-refractivity contribution in [2.24, 2.45) is 0 Å². The van der Waals surface area contributed by atoms with Crippen LogP contribution in [0, 0.1) is 0 Å². The van der Waals surface area contributed by atoms with Gasteiger partial charge < -0.3 is 10.2 Å². The van der Waals surface area contributed by atoms with Crippen molar-refractivity contribution in [2.75, 3.05) is 34.9 Å². The van der Waals surface area contributed by atoms with Crippen molar-refractivity contribution >= 4 is 44.1 Å². The van der Waals surface area contributed by atoms with Crippen molar-refractivity contribution < 1.29 is 13.2 Å². The molecule has 2 aromatic rings. The first-order chi connectivity index (χ1) is 12.9. The number of amides is 2. The fourth-order valence-corrected chi connectivity index (χ4v) is 3.79.